The normalized spacial score (nSPS) is 17.1. The van der Waals surface area contributed by atoms with Crippen molar-refractivity contribution in [2.24, 2.45) is 20.0 Å². The second-order valence-electron chi connectivity index (χ2n) is 20.4. The Bertz CT molecular complexity index is 3510. The van der Waals surface area contributed by atoms with Crippen LogP contribution in [-0.4, -0.2) is 0 Å². The maximum atomic E-state index is 6.94. The van der Waals surface area contributed by atoms with E-state index in [1.54, 1.807) is 0 Å². The fourth-order valence-electron chi connectivity index (χ4n) is 10.1. The minimum absolute atomic E-state index is 0.248. The van der Waals surface area contributed by atoms with E-state index in [1.807, 2.05) is 24.3 Å². The standard InChI is InChI=1S/C58H60N4O4/c1-32-19-15-20-33(2)48(32)59-52-54(61-50-36(5)23-17-24-37(50)6)65-46-29-42(40(56(9,10)11)27-44(46)63-52)58(14)31-57(12,13)41-28-45-47(30-43(41)58)66-55(62-51-38(7)25-18-26-39(51)8)53(64-45)60-49-34(3)21-16-22-35(49)4/h15-30H,31H2,1-14H3/t58-/m0/s1. The van der Waals surface area contributed by atoms with E-state index in [1.165, 1.54) is 5.56 Å². The molecule has 0 radical (unpaired) electrons. The number of rotatable bonds is 5. The molecular weight excluding hydrogens is 817 g/mol. The lowest BCUT2D eigenvalue weighted by Gasteiger charge is -2.34. The summed E-state index contributed by atoms with van der Waals surface area (Å²) in [6, 6.07) is 33.3. The second-order valence-corrected chi connectivity index (χ2v) is 20.4. The first kappa shape index (κ1) is 44.4. The quantitative estimate of drug-likeness (QED) is 0.172. The third-order valence-electron chi connectivity index (χ3n) is 13.5. The van der Waals surface area contributed by atoms with Crippen molar-refractivity contribution in [3.63, 3.8) is 0 Å². The van der Waals surface area contributed by atoms with E-state index < -0.39 is 5.41 Å². The van der Waals surface area contributed by atoms with Crippen LogP contribution < -0.4 is 22.2 Å². The van der Waals surface area contributed by atoms with Gasteiger partial charge in [-0.1, -0.05) is 114 Å². The van der Waals surface area contributed by atoms with Gasteiger partial charge in [-0.15, -0.1) is 0 Å². The topological polar surface area (TPSA) is 102 Å². The molecule has 2 aromatic heterocycles. The highest BCUT2D eigenvalue weighted by Crippen LogP contribution is 2.55. The zero-order chi connectivity index (χ0) is 47.0. The summed E-state index contributed by atoms with van der Waals surface area (Å²) in [6.07, 6.45) is 0.816. The molecule has 1 aliphatic rings. The maximum absolute atomic E-state index is 6.94. The average Bonchev–Trinajstić information content (AvgIpc) is 3.45. The van der Waals surface area contributed by atoms with Crippen molar-refractivity contribution in [3.8, 4) is 0 Å². The first-order valence-electron chi connectivity index (χ1n) is 22.9. The Labute approximate surface area is 386 Å². The summed E-state index contributed by atoms with van der Waals surface area (Å²) in [5.74, 6) is 0. The Kier molecular flexibility index (Phi) is 10.9. The zero-order valence-electron chi connectivity index (χ0n) is 40.9. The SMILES string of the molecule is Cc1cccc(C)c1N=c1oc2cc(C(C)(C)C)c([C@]3(C)CC(C)(C)c4cc5oc(=Nc6c(C)cccc6C)c(=Nc6c(C)cccc6C)oc5cc43)cc2oc1=Nc1c(C)cccc1C. The molecular formula is C58H60N4O4. The molecule has 0 saturated heterocycles. The summed E-state index contributed by atoms with van der Waals surface area (Å²) < 4.78 is 27.5. The van der Waals surface area contributed by atoms with Gasteiger partial charge in [0.25, 0.3) is 22.2 Å². The molecule has 9 rings (SSSR count). The minimum Gasteiger partial charge on any atom is -0.431 e. The molecule has 0 bridgehead atoms. The average molecular weight is 877 g/mol. The summed E-state index contributed by atoms with van der Waals surface area (Å²) in [5.41, 5.74) is 18.8. The van der Waals surface area contributed by atoms with Gasteiger partial charge in [0.15, 0.2) is 22.3 Å². The lowest BCUT2D eigenvalue weighted by molar-refractivity contribution is 0.410. The molecule has 0 aliphatic heterocycles. The molecule has 336 valence electrons. The molecule has 0 fully saturated rings. The van der Waals surface area contributed by atoms with Gasteiger partial charge in [-0.05, 0) is 164 Å². The van der Waals surface area contributed by atoms with Gasteiger partial charge >= 0.3 is 0 Å². The van der Waals surface area contributed by atoms with Gasteiger partial charge in [-0.25, -0.2) is 20.0 Å². The third kappa shape index (κ3) is 7.90. The summed E-state index contributed by atoms with van der Waals surface area (Å²) in [5, 5.41) is 0. The summed E-state index contributed by atoms with van der Waals surface area (Å²) in [4.78, 5) is 20.5. The summed E-state index contributed by atoms with van der Waals surface area (Å²) >= 11 is 0. The van der Waals surface area contributed by atoms with Crippen molar-refractivity contribution in [1.29, 1.82) is 0 Å². The van der Waals surface area contributed by atoms with Crippen molar-refractivity contribution in [2.45, 2.75) is 120 Å². The van der Waals surface area contributed by atoms with E-state index in [-0.39, 0.29) is 10.8 Å². The minimum atomic E-state index is -0.495. The fraction of sp³-hybridized carbons (Fsp3) is 0.310. The number of hydrogen-bond donors (Lipinski definition) is 0. The Morgan fingerprint density at radius 3 is 0.970 bits per heavy atom. The predicted molar refractivity (Wildman–Crippen MR) is 264 cm³/mol. The predicted octanol–water partition coefficient (Wildman–Crippen LogP) is 14.0. The Balaban J connectivity index is 1.33. The third-order valence-corrected chi connectivity index (χ3v) is 13.5. The molecule has 8 heteroatoms. The van der Waals surface area contributed by atoms with Crippen LogP contribution in [0.2, 0.25) is 0 Å². The molecule has 0 unspecified atom stereocenters. The first-order valence-corrected chi connectivity index (χ1v) is 22.9. The van der Waals surface area contributed by atoms with Crippen LogP contribution in [0.4, 0.5) is 22.7 Å². The summed E-state index contributed by atoms with van der Waals surface area (Å²) in [7, 11) is 0. The molecule has 8 aromatic rings. The van der Waals surface area contributed by atoms with Crippen molar-refractivity contribution < 1.29 is 17.7 Å². The number of para-hydroxylation sites is 4. The highest BCUT2D eigenvalue weighted by atomic mass is 16.4. The molecule has 1 aliphatic carbocycles. The largest absolute Gasteiger partial charge is 0.431 e. The van der Waals surface area contributed by atoms with Crippen LogP contribution in [-0.2, 0) is 16.2 Å². The number of nitrogens with zero attached hydrogens (tertiary/aromatic N) is 4. The van der Waals surface area contributed by atoms with Gasteiger partial charge < -0.3 is 17.7 Å². The van der Waals surface area contributed by atoms with E-state index in [9.17, 15) is 0 Å². The number of aryl methyl sites for hydroxylation is 8. The Morgan fingerprint density at radius 1 is 0.394 bits per heavy atom. The van der Waals surface area contributed by atoms with Crippen molar-refractivity contribution in [3.05, 3.63) is 186 Å². The van der Waals surface area contributed by atoms with Crippen LogP contribution in [0.1, 0.15) is 115 Å². The van der Waals surface area contributed by atoms with Gasteiger partial charge in [0.1, 0.15) is 0 Å². The van der Waals surface area contributed by atoms with Crippen LogP contribution in [0.3, 0.4) is 0 Å². The van der Waals surface area contributed by atoms with Crippen LogP contribution >= 0.6 is 0 Å². The Hall–Kier alpha value is -6.80. The Morgan fingerprint density at radius 2 is 0.667 bits per heavy atom. The van der Waals surface area contributed by atoms with Crippen molar-refractivity contribution in [1.82, 2.24) is 0 Å². The van der Waals surface area contributed by atoms with Gasteiger partial charge in [0.05, 0.1) is 22.7 Å². The zero-order valence-corrected chi connectivity index (χ0v) is 40.9. The van der Waals surface area contributed by atoms with Gasteiger partial charge in [0.2, 0.25) is 0 Å². The molecule has 0 spiro atoms. The number of hydrogen-bond acceptors (Lipinski definition) is 8. The van der Waals surface area contributed by atoms with Gasteiger partial charge in [-0.3, -0.25) is 0 Å². The van der Waals surface area contributed by atoms with Gasteiger partial charge in [0, 0.05) is 5.41 Å². The molecule has 66 heavy (non-hydrogen) atoms. The van der Waals surface area contributed by atoms with Crippen molar-refractivity contribution >= 4 is 45.1 Å². The number of fused-ring (bicyclic) bond motifs is 3. The molecule has 1 atom stereocenters. The van der Waals surface area contributed by atoms with Gasteiger partial charge in [-0.2, -0.15) is 0 Å². The van der Waals surface area contributed by atoms with E-state index in [4.69, 9.17) is 37.6 Å². The maximum Gasteiger partial charge on any atom is 0.284 e. The van der Waals surface area contributed by atoms with E-state index in [0.717, 1.165) is 90.4 Å². The first-order chi connectivity index (χ1) is 31.2. The van der Waals surface area contributed by atoms with E-state index >= 15 is 0 Å². The molecule has 2 heterocycles. The highest BCUT2D eigenvalue weighted by molar-refractivity contribution is 5.78. The fourth-order valence-corrected chi connectivity index (χ4v) is 10.1. The van der Waals surface area contributed by atoms with Crippen LogP contribution in [0.25, 0.3) is 22.3 Å². The lowest BCUT2D eigenvalue weighted by atomic mass is 9.69. The molecule has 0 N–H and O–H groups in total. The molecule has 6 aromatic carbocycles. The number of benzene rings is 6. The monoisotopic (exact) mass is 876 g/mol. The van der Waals surface area contributed by atoms with Crippen LogP contribution in [0.5, 0.6) is 0 Å². The molecule has 0 saturated carbocycles. The van der Waals surface area contributed by atoms with E-state index in [2.05, 4.69) is 170 Å². The lowest BCUT2D eigenvalue weighted by Crippen LogP contribution is -2.29. The molecule has 0 amide bonds. The highest BCUT2D eigenvalue weighted by Gasteiger charge is 2.48. The van der Waals surface area contributed by atoms with Crippen LogP contribution in [0.15, 0.2) is 135 Å². The van der Waals surface area contributed by atoms with Crippen molar-refractivity contribution in [2.75, 3.05) is 0 Å². The second kappa shape index (κ2) is 16.3. The smallest absolute Gasteiger partial charge is 0.284 e. The molecule has 8 nitrogen and oxygen atoms in total. The summed E-state index contributed by atoms with van der Waals surface area (Å²) in [6.45, 7) is 30.2. The van der Waals surface area contributed by atoms with Crippen LogP contribution in [0, 0.1) is 55.4 Å². The van der Waals surface area contributed by atoms with E-state index in [0.29, 0.717) is 44.5 Å².